The fourth-order valence-corrected chi connectivity index (χ4v) is 1.93. The molecule has 0 aliphatic heterocycles. The van der Waals surface area contributed by atoms with E-state index in [0.29, 0.717) is 21.5 Å². The van der Waals surface area contributed by atoms with Crippen LogP contribution in [-0.4, -0.2) is 16.1 Å². The molecule has 0 spiro atoms. The fraction of sp³-hybridized carbons (Fsp3) is 0.0667. The molecule has 1 heterocycles. The van der Waals surface area contributed by atoms with Crippen molar-refractivity contribution in [3.05, 3.63) is 63.9 Å². The van der Waals surface area contributed by atoms with Crippen molar-refractivity contribution in [3.8, 4) is 5.75 Å². The largest absolute Gasteiger partial charge is 0.487 e. The van der Waals surface area contributed by atoms with E-state index in [-0.39, 0.29) is 6.61 Å². The molecule has 2 rings (SSSR count). The maximum atomic E-state index is 10.4. The van der Waals surface area contributed by atoms with Gasteiger partial charge in [-0.2, -0.15) is 0 Å². The van der Waals surface area contributed by atoms with Gasteiger partial charge in [0.1, 0.15) is 12.4 Å². The highest BCUT2D eigenvalue weighted by atomic mass is 35.5. The van der Waals surface area contributed by atoms with Crippen molar-refractivity contribution in [2.45, 2.75) is 6.61 Å². The van der Waals surface area contributed by atoms with E-state index < -0.39 is 5.97 Å². The number of carboxylic acids is 1. The van der Waals surface area contributed by atoms with E-state index in [9.17, 15) is 4.79 Å². The number of ether oxygens (including phenoxy) is 1. The Labute approximate surface area is 131 Å². The van der Waals surface area contributed by atoms with Crippen LogP contribution >= 0.6 is 23.2 Å². The van der Waals surface area contributed by atoms with Gasteiger partial charge in [0.2, 0.25) is 0 Å². The highest BCUT2D eigenvalue weighted by molar-refractivity contribution is 6.42. The van der Waals surface area contributed by atoms with Crippen LogP contribution in [0.4, 0.5) is 0 Å². The lowest BCUT2D eigenvalue weighted by atomic mass is 10.2. The lowest BCUT2D eigenvalue weighted by Crippen LogP contribution is -1.97. The minimum Gasteiger partial charge on any atom is -0.487 e. The average molecular weight is 324 g/mol. The second kappa shape index (κ2) is 7.11. The highest BCUT2D eigenvalue weighted by Gasteiger charge is 2.05. The van der Waals surface area contributed by atoms with Gasteiger partial charge in [0.25, 0.3) is 0 Å². The first kappa shape index (κ1) is 15.4. The van der Waals surface area contributed by atoms with Crippen molar-refractivity contribution in [3.63, 3.8) is 0 Å². The summed E-state index contributed by atoms with van der Waals surface area (Å²) < 4.78 is 5.56. The molecule has 1 aromatic carbocycles. The number of hydrogen-bond acceptors (Lipinski definition) is 3. The lowest BCUT2D eigenvalue weighted by Gasteiger charge is -2.08. The number of halogens is 2. The van der Waals surface area contributed by atoms with Gasteiger partial charge in [-0.15, -0.1) is 0 Å². The van der Waals surface area contributed by atoms with Crippen molar-refractivity contribution >= 4 is 35.2 Å². The monoisotopic (exact) mass is 323 g/mol. The summed E-state index contributed by atoms with van der Waals surface area (Å²) >= 11 is 12.0. The Kier molecular flexibility index (Phi) is 5.20. The third-order valence-corrected chi connectivity index (χ3v) is 3.44. The number of carboxylic acid groups (broad SMARTS) is 1. The zero-order valence-corrected chi connectivity index (χ0v) is 12.3. The number of rotatable bonds is 5. The molecule has 108 valence electrons. The first-order valence-corrected chi connectivity index (χ1v) is 6.74. The Morgan fingerprint density at radius 3 is 2.76 bits per heavy atom. The van der Waals surface area contributed by atoms with Crippen LogP contribution in [0.5, 0.6) is 5.75 Å². The molecule has 1 N–H and O–H groups in total. The predicted molar refractivity (Wildman–Crippen MR) is 81.7 cm³/mol. The zero-order valence-electron chi connectivity index (χ0n) is 10.8. The molecule has 1 aromatic heterocycles. The molecule has 4 nitrogen and oxygen atoms in total. The van der Waals surface area contributed by atoms with E-state index in [1.54, 1.807) is 24.3 Å². The molecule has 0 unspecified atom stereocenters. The molecule has 6 heteroatoms. The van der Waals surface area contributed by atoms with Crippen molar-refractivity contribution in [1.82, 2.24) is 4.98 Å². The molecular weight excluding hydrogens is 313 g/mol. The summed E-state index contributed by atoms with van der Waals surface area (Å²) in [5.74, 6) is -0.466. The van der Waals surface area contributed by atoms with Crippen molar-refractivity contribution < 1.29 is 14.6 Å². The summed E-state index contributed by atoms with van der Waals surface area (Å²) in [5.41, 5.74) is 1.31. The molecule has 0 aliphatic rings. The number of benzene rings is 1. The van der Waals surface area contributed by atoms with Crippen LogP contribution in [0.1, 0.15) is 11.3 Å². The van der Waals surface area contributed by atoms with Gasteiger partial charge in [-0.05, 0) is 24.3 Å². The molecule has 0 amide bonds. The molecule has 0 saturated heterocycles. The molecule has 0 bridgehead atoms. The maximum Gasteiger partial charge on any atom is 0.328 e. The molecule has 0 saturated carbocycles. The first-order chi connectivity index (χ1) is 10.1. The number of nitrogens with zero attached hydrogens (tertiary/aromatic N) is 1. The van der Waals surface area contributed by atoms with Crippen molar-refractivity contribution in [2.75, 3.05) is 0 Å². The van der Waals surface area contributed by atoms with Crippen molar-refractivity contribution in [1.29, 1.82) is 0 Å². The molecule has 0 aliphatic carbocycles. The Morgan fingerprint density at radius 2 is 2.10 bits per heavy atom. The lowest BCUT2D eigenvalue weighted by molar-refractivity contribution is -0.131. The van der Waals surface area contributed by atoms with Gasteiger partial charge in [0.15, 0.2) is 0 Å². The fourth-order valence-electron chi connectivity index (χ4n) is 1.55. The molecule has 2 aromatic rings. The van der Waals surface area contributed by atoms with Crippen LogP contribution in [0.25, 0.3) is 6.08 Å². The minimum atomic E-state index is -1.02. The van der Waals surface area contributed by atoms with E-state index in [2.05, 4.69) is 4.98 Å². The quantitative estimate of drug-likeness (QED) is 0.843. The third kappa shape index (κ3) is 4.48. The van der Waals surface area contributed by atoms with E-state index in [1.807, 2.05) is 6.07 Å². The SMILES string of the molecule is O=C(O)/C=C/c1ccc(OCc2cccc(Cl)c2Cl)cn1. The smallest absolute Gasteiger partial charge is 0.328 e. The summed E-state index contributed by atoms with van der Waals surface area (Å²) in [4.78, 5) is 14.5. The van der Waals surface area contributed by atoms with Crippen molar-refractivity contribution in [2.24, 2.45) is 0 Å². The van der Waals surface area contributed by atoms with Crippen LogP contribution in [0.2, 0.25) is 10.0 Å². The standard InChI is InChI=1S/C15H11Cl2NO3/c16-13-3-1-2-10(15(13)17)9-21-12-6-4-11(18-8-12)5-7-14(19)20/h1-8H,9H2,(H,19,20)/b7-5+. The van der Waals surface area contributed by atoms with Gasteiger partial charge >= 0.3 is 5.97 Å². The average Bonchev–Trinajstić information content (AvgIpc) is 2.48. The second-order valence-electron chi connectivity index (χ2n) is 4.09. The number of aliphatic carboxylic acids is 1. The topological polar surface area (TPSA) is 59.4 Å². The van der Waals surface area contributed by atoms with Gasteiger partial charge in [0, 0.05) is 11.6 Å². The van der Waals surface area contributed by atoms with Gasteiger partial charge in [0.05, 0.1) is 21.9 Å². The Hall–Kier alpha value is -2.04. The summed E-state index contributed by atoms with van der Waals surface area (Å²) in [6, 6.07) is 8.69. The molecule has 21 heavy (non-hydrogen) atoms. The van der Waals surface area contributed by atoms with E-state index in [1.165, 1.54) is 12.3 Å². The normalized spacial score (nSPS) is 10.8. The number of pyridine rings is 1. The number of carbonyl (C=O) groups is 1. The van der Waals surface area contributed by atoms with Gasteiger partial charge in [-0.25, -0.2) is 4.79 Å². The minimum absolute atomic E-state index is 0.269. The summed E-state index contributed by atoms with van der Waals surface area (Å²) in [6.07, 6.45) is 3.94. The summed E-state index contributed by atoms with van der Waals surface area (Å²) in [6.45, 7) is 0.269. The van der Waals surface area contributed by atoms with E-state index in [0.717, 1.165) is 11.6 Å². The van der Waals surface area contributed by atoms with Crippen LogP contribution in [-0.2, 0) is 11.4 Å². The Bertz CT molecular complexity index is 669. The third-order valence-electron chi connectivity index (χ3n) is 2.58. The molecular formula is C15H11Cl2NO3. The van der Waals surface area contributed by atoms with Crippen LogP contribution in [0.3, 0.4) is 0 Å². The van der Waals surface area contributed by atoms with Gasteiger partial charge in [-0.1, -0.05) is 35.3 Å². The number of aromatic nitrogens is 1. The van der Waals surface area contributed by atoms with E-state index in [4.69, 9.17) is 33.0 Å². The van der Waals surface area contributed by atoms with Gasteiger partial charge < -0.3 is 9.84 Å². The second-order valence-corrected chi connectivity index (χ2v) is 4.88. The molecule has 0 radical (unpaired) electrons. The highest BCUT2D eigenvalue weighted by Crippen LogP contribution is 2.26. The number of hydrogen-bond donors (Lipinski definition) is 1. The summed E-state index contributed by atoms with van der Waals surface area (Å²) in [7, 11) is 0. The summed E-state index contributed by atoms with van der Waals surface area (Å²) in [5, 5.41) is 9.47. The zero-order chi connectivity index (χ0) is 15.2. The first-order valence-electron chi connectivity index (χ1n) is 5.99. The Morgan fingerprint density at radius 1 is 1.29 bits per heavy atom. The molecule has 0 fully saturated rings. The Balaban J connectivity index is 2.01. The van der Waals surface area contributed by atoms with E-state index >= 15 is 0 Å². The van der Waals surface area contributed by atoms with Gasteiger partial charge in [-0.3, -0.25) is 4.98 Å². The predicted octanol–water partition coefficient (Wildman–Crippen LogP) is 4.07. The molecule has 0 atom stereocenters. The van der Waals surface area contributed by atoms with Crippen LogP contribution in [0.15, 0.2) is 42.6 Å². The van der Waals surface area contributed by atoms with Crippen LogP contribution in [0, 0.1) is 0 Å². The van der Waals surface area contributed by atoms with Crippen LogP contribution < -0.4 is 4.74 Å². The maximum absolute atomic E-state index is 10.4.